The molecule has 1 aliphatic heterocycles. The molecule has 1 N–H and O–H groups in total. The minimum atomic E-state index is -3.19. The monoisotopic (exact) mass is 246 g/mol. The van der Waals surface area contributed by atoms with E-state index in [0.29, 0.717) is 5.69 Å². The van der Waals surface area contributed by atoms with Gasteiger partial charge in [-0.3, -0.25) is 4.57 Å². The first-order chi connectivity index (χ1) is 7.94. The fourth-order valence-corrected chi connectivity index (χ4v) is 1.79. The lowest BCUT2D eigenvalue weighted by Crippen LogP contribution is -2.35. The lowest BCUT2D eigenvalue weighted by molar-refractivity contribution is -0.120. The van der Waals surface area contributed by atoms with Crippen LogP contribution in [0.15, 0.2) is 17.1 Å². The van der Waals surface area contributed by atoms with Gasteiger partial charge in [0.1, 0.15) is 0 Å². The van der Waals surface area contributed by atoms with Crippen LogP contribution in [0.25, 0.3) is 0 Å². The van der Waals surface area contributed by atoms with E-state index < -0.39 is 37.0 Å². The molecule has 0 aliphatic carbocycles. The van der Waals surface area contributed by atoms with Crippen molar-refractivity contribution in [1.29, 1.82) is 0 Å². The van der Waals surface area contributed by atoms with E-state index in [0.717, 1.165) is 4.57 Å². The molecule has 1 aromatic rings. The van der Waals surface area contributed by atoms with Gasteiger partial charge in [0.15, 0.2) is 0 Å². The number of hydrogen-bond acceptors (Lipinski definition) is 4. The highest BCUT2D eigenvalue weighted by molar-refractivity contribution is 4.98. The fraction of sp³-hybridized carbons (Fsp3) is 0.600. The normalized spacial score (nSPS) is 27.3. The van der Waals surface area contributed by atoms with Gasteiger partial charge in [-0.15, -0.1) is 0 Å². The van der Waals surface area contributed by atoms with E-state index in [2.05, 4.69) is 4.98 Å². The lowest BCUT2D eigenvalue weighted by atomic mass is 10.2. The second kappa shape index (κ2) is 4.15. The molecule has 1 aromatic heterocycles. The summed E-state index contributed by atoms with van der Waals surface area (Å²) in [7, 11) is 0. The molecule has 0 saturated carbocycles. The first-order valence-electron chi connectivity index (χ1n) is 5.14. The topological polar surface area (TPSA) is 64.3 Å². The van der Waals surface area contributed by atoms with Gasteiger partial charge in [-0.1, -0.05) is 0 Å². The van der Waals surface area contributed by atoms with Crippen LogP contribution in [-0.4, -0.2) is 33.3 Å². The predicted octanol–water partition coefficient (Wildman–Crippen LogP) is 0.467. The highest BCUT2D eigenvalue weighted by Crippen LogP contribution is 2.41. The number of aromatic nitrogens is 2. The van der Waals surface area contributed by atoms with Crippen molar-refractivity contribution >= 4 is 0 Å². The van der Waals surface area contributed by atoms with Crippen molar-refractivity contribution in [1.82, 2.24) is 9.55 Å². The number of aliphatic hydroxyl groups is 1. The summed E-state index contributed by atoms with van der Waals surface area (Å²) in [6.45, 7) is 1.09. The molecule has 0 aromatic carbocycles. The minimum Gasteiger partial charge on any atom is -0.394 e. The maximum Gasteiger partial charge on any atom is 0.350 e. The molecule has 0 radical (unpaired) electrons. The summed E-state index contributed by atoms with van der Waals surface area (Å²) in [5, 5.41) is 8.82. The summed E-state index contributed by atoms with van der Waals surface area (Å²) in [6.07, 6.45) is -2.03. The van der Waals surface area contributed by atoms with Crippen molar-refractivity contribution in [2.45, 2.75) is 31.6 Å². The Kier molecular flexibility index (Phi) is 2.96. The smallest absolute Gasteiger partial charge is 0.350 e. The minimum absolute atomic E-state index is 0.450. The lowest BCUT2D eigenvalue weighted by Gasteiger charge is -2.19. The zero-order valence-electron chi connectivity index (χ0n) is 9.14. The summed E-state index contributed by atoms with van der Waals surface area (Å²) in [6, 6.07) is 1.45. The van der Waals surface area contributed by atoms with Gasteiger partial charge < -0.3 is 9.84 Å². The number of rotatable bonds is 2. The largest absolute Gasteiger partial charge is 0.394 e. The summed E-state index contributed by atoms with van der Waals surface area (Å²) in [4.78, 5) is 15.1. The summed E-state index contributed by atoms with van der Waals surface area (Å²) < 4.78 is 32.9. The Labute approximate surface area is 95.7 Å². The van der Waals surface area contributed by atoms with Crippen LogP contribution >= 0.6 is 0 Å². The molecular weight excluding hydrogens is 234 g/mol. The first kappa shape index (κ1) is 12.1. The number of aliphatic hydroxyl groups excluding tert-OH is 1. The first-order valence-corrected chi connectivity index (χ1v) is 5.14. The molecule has 0 bridgehead atoms. The Morgan fingerprint density at radius 3 is 2.94 bits per heavy atom. The molecule has 5 nitrogen and oxygen atoms in total. The van der Waals surface area contributed by atoms with Crippen LogP contribution in [0.1, 0.15) is 18.3 Å². The highest BCUT2D eigenvalue weighted by Gasteiger charge is 2.51. The molecule has 17 heavy (non-hydrogen) atoms. The van der Waals surface area contributed by atoms with E-state index in [-0.39, 0.29) is 0 Å². The number of hydrogen-bond donors (Lipinski definition) is 1. The van der Waals surface area contributed by atoms with Gasteiger partial charge in [0, 0.05) is 18.3 Å². The molecule has 1 aliphatic rings. The third kappa shape index (κ3) is 2.20. The van der Waals surface area contributed by atoms with Gasteiger partial charge in [0.05, 0.1) is 12.7 Å². The van der Waals surface area contributed by atoms with Crippen molar-refractivity contribution in [2.75, 3.05) is 6.61 Å². The molecular formula is C10H12F2N2O3. The zero-order valence-corrected chi connectivity index (χ0v) is 9.14. The van der Waals surface area contributed by atoms with Gasteiger partial charge in [-0.05, 0) is 13.0 Å². The average molecular weight is 246 g/mol. The van der Waals surface area contributed by atoms with E-state index in [1.807, 2.05) is 0 Å². The summed E-state index contributed by atoms with van der Waals surface area (Å²) in [5.41, 5.74) is -0.334. The molecule has 2 rings (SSSR count). The van der Waals surface area contributed by atoms with Gasteiger partial charge in [0.2, 0.25) is 6.23 Å². The van der Waals surface area contributed by atoms with Crippen LogP contribution in [-0.2, 0) is 4.74 Å². The van der Waals surface area contributed by atoms with Crippen LogP contribution in [0, 0.1) is 6.92 Å². The Balaban J connectivity index is 2.37. The molecule has 0 spiro atoms. The Hall–Kier alpha value is -1.34. The van der Waals surface area contributed by atoms with Crippen molar-refractivity contribution in [2.24, 2.45) is 0 Å². The maximum atomic E-state index is 13.6. The van der Waals surface area contributed by atoms with Crippen LogP contribution in [0.5, 0.6) is 0 Å². The van der Waals surface area contributed by atoms with E-state index in [9.17, 15) is 13.6 Å². The number of nitrogens with zero attached hydrogens (tertiary/aromatic N) is 2. The number of alkyl halides is 2. The third-order valence-electron chi connectivity index (χ3n) is 2.61. The van der Waals surface area contributed by atoms with Gasteiger partial charge in [0.25, 0.3) is 5.92 Å². The molecule has 7 heteroatoms. The Morgan fingerprint density at radius 1 is 1.71 bits per heavy atom. The molecule has 2 atom stereocenters. The van der Waals surface area contributed by atoms with E-state index in [1.54, 1.807) is 6.92 Å². The zero-order chi connectivity index (χ0) is 12.6. The summed E-state index contributed by atoms with van der Waals surface area (Å²) >= 11 is 0. The summed E-state index contributed by atoms with van der Waals surface area (Å²) in [5.74, 6) is -3.19. The second-order valence-electron chi connectivity index (χ2n) is 4.02. The molecule has 1 saturated heterocycles. The molecule has 1 fully saturated rings. The van der Waals surface area contributed by atoms with Gasteiger partial charge in [-0.2, -0.15) is 4.98 Å². The van der Waals surface area contributed by atoms with E-state index in [4.69, 9.17) is 9.84 Å². The van der Waals surface area contributed by atoms with Crippen LogP contribution in [0.3, 0.4) is 0 Å². The molecule has 94 valence electrons. The van der Waals surface area contributed by atoms with Crippen molar-refractivity contribution in [3.63, 3.8) is 0 Å². The molecule has 0 unspecified atom stereocenters. The second-order valence-corrected chi connectivity index (χ2v) is 4.02. The van der Waals surface area contributed by atoms with Crippen molar-refractivity contribution < 1.29 is 18.6 Å². The standard InChI is InChI=1S/C10H12F2N2O3/c1-6-2-3-14(9(16)13-6)8-10(11,12)4-7(5-15)17-8/h2-3,7-8,15H,4-5H2,1H3/t7-,8+/m0/s1. The quantitative estimate of drug-likeness (QED) is 0.823. The van der Waals surface area contributed by atoms with Crippen molar-refractivity contribution in [3.8, 4) is 0 Å². The Morgan fingerprint density at radius 2 is 2.41 bits per heavy atom. The van der Waals surface area contributed by atoms with Gasteiger partial charge in [-0.25, -0.2) is 13.6 Å². The van der Waals surface area contributed by atoms with Crippen LogP contribution < -0.4 is 5.69 Å². The van der Waals surface area contributed by atoms with Gasteiger partial charge >= 0.3 is 5.69 Å². The SMILES string of the molecule is Cc1ccn([C@@H]2O[C@H](CO)CC2(F)F)c(=O)n1. The highest BCUT2D eigenvalue weighted by atomic mass is 19.3. The van der Waals surface area contributed by atoms with Crippen LogP contribution in [0.2, 0.25) is 0 Å². The molecule has 0 amide bonds. The van der Waals surface area contributed by atoms with Crippen molar-refractivity contribution in [3.05, 3.63) is 28.4 Å². The average Bonchev–Trinajstić information content (AvgIpc) is 2.54. The van der Waals surface area contributed by atoms with Crippen LogP contribution in [0.4, 0.5) is 8.78 Å². The third-order valence-corrected chi connectivity index (χ3v) is 2.61. The predicted molar refractivity (Wildman–Crippen MR) is 53.8 cm³/mol. The fourth-order valence-electron chi connectivity index (χ4n) is 1.79. The number of ether oxygens (including phenoxy) is 1. The molecule has 2 heterocycles. The maximum absolute atomic E-state index is 13.6. The van der Waals surface area contributed by atoms with E-state index >= 15 is 0 Å². The number of halogens is 2. The van der Waals surface area contributed by atoms with E-state index in [1.165, 1.54) is 12.3 Å². The number of aryl methyl sites for hydroxylation is 1. The Bertz CT molecular complexity index is 475.